The quantitative estimate of drug-likeness (QED) is 0.703. The summed E-state index contributed by atoms with van der Waals surface area (Å²) in [5, 5.41) is 3.33. The predicted molar refractivity (Wildman–Crippen MR) is 74.9 cm³/mol. The third kappa shape index (κ3) is 3.16. The van der Waals surface area contributed by atoms with Gasteiger partial charge in [0.1, 0.15) is 5.56 Å². The third-order valence-corrected chi connectivity index (χ3v) is 3.51. The fourth-order valence-electron chi connectivity index (χ4n) is 2.40. The summed E-state index contributed by atoms with van der Waals surface area (Å²) in [4.78, 5) is 41.2. The lowest BCUT2D eigenvalue weighted by molar-refractivity contribution is 0.0686. The zero-order valence-corrected chi connectivity index (χ0v) is 11.7. The van der Waals surface area contributed by atoms with Crippen LogP contribution in [0.2, 0.25) is 0 Å². The second-order valence-corrected chi connectivity index (χ2v) is 5.33. The van der Waals surface area contributed by atoms with E-state index in [0.717, 1.165) is 19.4 Å². The van der Waals surface area contributed by atoms with Crippen LogP contribution >= 0.6 is 0 Å². The smallest absolute Gasteiger partial charge is 0.325 e. The molecule has 0 spiro atoms. The number of hydrogen-bond donors (Lipinski definition) is 3. The van der Waals surface area contributed by atoms with Gasteiger partial charge in [0.05, 0.1) is 0 Å². The average Bonchev–Trinajstić information content (AvgIpc) is 2.87. The van der Waals surface area contributed by atoms with Crippen molar-refractivity contribution < 1.29 is 4.79 Å². The Kier molecular flexibility index (Phi) is 4.39. The summed E-state index contributed by atoms with van der Waals surface area (Å²) in [7, 11) is 0. The standard InChI is InChI=1S/C13H20N4O3/c1-8(2)17(7-9-4-3-5-14-9)12(19)10-6-15-13(20)16-11(10)18/h6,8-9,14H,3-5,7H2,1-2H3,(H2,15,16,18,20). The van der Waals surface area contributed by atoms with E-state index in [1.54, 1.807) is 4.90 Å². The Morgan fingerprint density at radius 1 is 1.45 bits per heavy atom. The van der Waals surface area contributed by atoms with E-state index >= 15 is 0 Å². The van der Waals surface area contributed by atoms with Crippen LogP contribution < -0.4 is 16.6 Å². The van der Waals surface area contributed by atoms with E-state index in [4.69, 9.17) is 0 Å². The van der Waals surface area contributed by atoms with E-state index in [1.165, 1.54) is 6.20 Å². The highest BCUT2D eigenvalue weighted by atomic mass is 16.2. The van der Waals surface area contributed by atoms with E-state index in [1.807, 2.05) is 13.8 Å². The van der Waals surface area contributed by atoms with Gasteiger partial charge in [-0.05, 0) is 33.2 Å². The molecular weight excluding hydrogens is 260 g/mol. The van der Waals surface area contributed by atoms with E-state index in [9.17, 15) is 14.4 Å². The van der Waals surface area contributed by atoms with Crippen LogP contribution in [0, 0.1) is 0 Å². The van der Waals surface area contributed by atoms with Gasteiger partial charge in [0.25, 0.3) is 11.5 Å². The van der Waals surface area contributed by atoms with Crippen molar-refractivity contribution in [3.63, 3.8) is 0 Å². The Morgan fingerprint density at radius 2 is 2.20 bits per heavy atom. The molecule has 0 aromatic carbocycles. The fourth-order valence-corrected chi connectivity index (χ4v) is 2.40. The van der Waals surface area contributed by atoms with Crippen LogP contribution in [0.15, 0.2) is 15.8 Å². The summed E-state index contributed by atoms with van der Waals surface area (Å²) in [6.07, 6.45) is 3.31. The number of amides is 1. The first-order valence-corrected chi connectivity index (χ1v) is 6.85. The zero-order chi connectivity index (χ0) is 14.7. The molecule has 1 saturated heterocycles. The van der Waals surface area contributed by atoms with Crippen molar-refractivity contribution in [1.82, 2.24) is 20.2 Å². The molecule has 1 atom stereocenters. The van der Waals surface area contributed by atoms with Crippen molar-refractivity contribution in [2.24, 2.45) is 0 Å². The minimum absolute atomic E-state index is 0.0174. The second-order valence-electron chi connectivity index (χ2n) is 5.33. The van der Waals surface area contributed by atoms with Crippen LogP contribution in [-0.4, -0.2) is 45.9 Å². The third-order valence-electron chi connectivity index (χ3n) is 3.51. The molecule has 2 rings (SSSR count). The van der Waals surface area contributed by atoms with Gasteiger partial charge in [-0.15, -0.1) is 0 Å². The maximum atomic E-state index is 12.5. The average molecular weight is 280 g/mol. The van der Waals surface area contributed by atoms with Crippen molar-refractivity contribution in [1.29, 1.82) is 0 Å². The van der Waals surface area contributed by atoms with Crippen molar-refractivity contribution in [2.75, 3.05) is 13.1 Å². The Labute approximate surface area is 116 Å². The van der Waals surface area contributed by atoms with Gasteiger partial charge in [-0.3, -0.25) is 14.6 Å². The molecule has 1 fully saturated rings. The molecule has 1 aliphatic heterocycles. The number of nitrogens with zero attached hydrogens (tertiary/aromatic N) is 1. The molecule has 1 amide bonds. The molecule has 0 saturated carbocycles. The summed E-state index contributed by atoms with van der Waals surface area (Å²) < 4.78 is 0. The summed E-state index contributed by atoms with van der Waals surface area (Å²) in [5.41, 5.74) is -1.29. The predicted octanol–water partition coefficient (Wildman–Crippen LogP) is -0.334. The molecule has 0 bridgehead atoms. The van der Waals surface area contributed by atoms with Crippen molar-refractivity contribution in [2.45, 2.75) is 38.8 Å². The fraction of sp³-hybridized carbons (Fsp3) is 0.615. The minimum atomic E-state index is -0.649. The Balaban J connectivity index is 2.21. The lowest BCUT2D eigenvalue weighted by Crippen LogP contribution is -2.46. The number of carbonyl (C=O) groups excluding carboxylic acids is 1. The molecule has 0 aliphatic carbocycles. The van der Waals surface area contributed by atoms with E-state index < -0.39 is 11.2 Å². The normalized spacial score (nSPS) is 18.4. The molecule has 1 unspecified atom stereocenters. The summed E-state index contributed by atoms with van der Waals surface area (Å²) >= 11 is 0. The highest BCUT2D eigenvalue weighted by Gasteiger charge is 2.26. The number of H-pyrrole nitrogens is 2. The maximum Gasteiger partial charge on any atom is 0.325 e. The zero-order valence-electron chi connectivity index (χ0n) is 11.7. The Hall–Kier alpha value is -1.89. The number of nitrogens with one attached hydrogen (secondary N) is 3. The number of hydrogen-bond acceptors (Lipinski definition) is 4. The molecule has 7 nitrogen and oxygen atoms in total. The molecule has 7 heteroatoms. The van der Waals surface area contributed by atoms with Gasteiger partial charge in [0.2, 0.25) is 0 Å². The van der Waals surface area contributed by atoms with Gasteiger partial charge in [0.15, 0.2) is 0 Å². The van der Waals surface area contributed by atoms with E-state index in [0.29, 0.717) is 6.54 Å². The topological polar surface area (TPSA) is 98.1 Å². The summed E-state index contributed by atoms with van der Waals surface area (Å²) in [6.45, 7) is 5.35. The molecule has 3 N–H and O–H groups in total. The van der Waals surface area contributed by atoms with Crippen molar-refractivity contribution >= 4 is 5.91 Å². The highest BCUT2D eigenvalue weighted by Crippen LogP contribution is 2.11. The second kappa shape index (κ2) is 6.04. The van der Waals surface area contributed by atoms with Crippen LogP contribution in [0.1, 0.15) is 37.0 Å². The molecule has 1 aromatic rings. The van der Waals surface area contributed by atoms with Crippen LogP contribution in [0.25, 0.3) is 0 Å². The molecule has 2 heterocycles. The lowest BCUT2D eigenvalue weighted by Gasteiger charge is -2.29. The van der Waals surface area contributed by atoms with Gasteiger partial charge < -0.3 is 15.2 Å². The number of aromatic amines is 2. The van der Waals surface area contributed by atoms with Crippen molar-refractivity contribution in [3.8, 4) is 0 Å². The van der Waals surface area contributed by atoms with E-state index in [-0.39, 0.29) is 23.6 Å². The Bertz CT molecular complexity index is 584. The first kappa shape index (κ1) is 14.5. The largest absolute Gasteiger partial charge is 0.334 e. The lowest BCUT2D eigenvalue weighted by atomic mass is 10.1. The van der Waals surface area contributed by atoms with Crippen LogP contribution in [0.4, 0.5) is 0 Å². The number of rotatable bonds is 4. The van der Waals surface area contributed by atoms with Gasteiger partial charge in [-0.1, -0.05) is 0 Å². The van der Waals surface area contributed by atoms with Crippen LogP contribution in [0.5, 0.6) is 0 Å². The minimum Gasteiger partial charge on any atom is -0.334 e. The molecule has 110 valence electrons. The van der Waals surface area contributed by atoms with Gasteiger partial charge in [-0.25, -0.2) is 4.79 Å². The van der Waals surface area contributed by atoms with Gasteiger partial charge >= 0.3 is 5.69 Å². The first-order chi connectivity index (χ1) is 9.49. The molecule has 20 heavy (non-hydrogen) atoms. The number of aromatic nitrogens is 2. The monoisotopic (exact) mass is 280 g/mol. The van der Waals surface area contributed by atoms with Crippen LogP contribution in [-0.2, 0) is 0 Å². The van der Waals surface area contributed by atoms with Gasteiger partial charge in [0, 0.05) is 24.8 Å². The number of carbonyl (C=O) groups is 1. The molecular formula is C13H20N4O3. The van der Waals surface area contributed by atoms with Crippen molar-refractivity contribution in [3.05, 3.63) is 32.6 Å². The molecule has 1 aromatic heterocycles. The summed E-state index contributed by atoms with van der Waals surface area (Å²) in [6, 6.07) is 0.249. The Morgan fingerprint density at radius 3 is 2.75 bits per heavy atom. The molecule has 0 radical (unpaired) electrons. The SMILES string of the molecule is CC(C)N(CC1CCCN1)C(=O)c1c[nH]c(=O)[nH]c1=O. The summed E-state index contributed by atoms with van der Waals surface area (Å²) in [5.74, 6) is -0.355. The molecule has 1 aliphatic rings. The van der Waals surface area contributed by atoms with E-state index in [2.05, 4.69) is 15.3 Å². The first-order valence-electron chi connectivity index (χ1n) is 6.85. The maximum absolute atomic E-state index is 12.5. The van der Waals surface area contributed by atoms with Crippen LogP contribution in [0.3, 0.4) is 0 Å². The van der Waals surface area contributed by atoms with Gasteiger partial charge in [-0.2, -0.15) is 0 Å². The highest BCUT2D eigenvalue weighted by molar-refractivity contribution is 5.93.